The van der Waals surface area contributed by atoms with E-state index < -0.39 is 11.6 Å². The van der Waals surface area contributed by atoms with Gasteiger partial charge >= 0.3 is 0 Å². The van der Waals surface area contributed by atoms with Gasteiger partial charge in [0.25, 0.3) is 0 Å². The molecule has 2 aliphatic carbocycles. The maximum absolute atomic E-state index is 14.7. The number of allylic oxidation sites excluding steroid dienone is 2. The molecule has 0 radical (unpaired) electrons. The molecule has 1 aromatic carbocycles. The number of rotatable bonds is 8. The van der Waals surface area contributed by atoms with E-state index in [0.717, 1.165) is 43.9 Å². The van der Waals surface area contributed by atoms with E-state index in [-0.39, 0.29) is 5.92 Å². The zero-order valence-electron chi connectivity index (χ0n) is 18.6. The van der Waals surface area contributed by atoms with E-state index in [1.807, 2.05) is 12.1 Å². The molecule has 2 fully saturated rings. The van der Waals surface area contributed by atoms with Gasteiger partial charge in [0, 0.05) is 0 Å². The van der Waals surface area contributed by atoms with Crippen LogP contribution >= 0.6 is 0 Å². The highest BCUT2D eigenvalue weighted by Crippen LogP contribution is 2.38. The summed E-state index contributed by atoms with van der Waals surface area (Å²) in [6, 6.07) is 3.70. The highest BCUT2D eigenvalue weighted by Gasteiger charge is 2.25. The van der Waals surface area contributed by atoms with Crippen LogP contribution in [0.4, 0.5) is 8.78 Å². The Labute approximate surface area is 177 Å². The first-order valence-electron chi connectivity index (χ1n) is 12.3. The summed E-state index contributed by atoms with van der Waals surface area (Å²) < 4.78 is 29.4. The predicted octanol–water partition coefficient (Wildman–Crippen LogP) is 8.74. The second-order valence-electron chi connectivity index (χ2n) is 9.60. The van der Waals surface area contributed by atoms with Crippen molar-refractivity contribution in [1.29, 1.82) is 0 Å². The lowest BCUT2D eigenvalue weighted by Crippen LogP contribution is -2.14. The van der Waals surface area contributed by atoms with Crippen LogP contribution in [0.5, 0.6) is 0 Å². The van der Waals surface area contributed by atoms with Crippen LogP contribution in [-0.4, -0.2) is 0 Å². The van der Waals surface area contributed by atoms with E-state index in [0.29, 0.717) is 23.5 Å². The Kier molecular flexibility index (Phi) is 8.75. The fraction of sp³-hybridized carbons (Fsp3) is 0.704. The first-order chi connectivity index (χ1) is 14.1. The average molecular weight is 403 g/mol. The third kappa shape index (κ3) is 6.15. The standard InChI is InChI=1S/C27H40F2/c1-3-7-21-10-12-22(13-11-21)8-5-6-9-24-18-19-25(27(29)26(24)28)23-16-14-20(4-2)15-17-23/h5,8,18-23H,3-4,6-7,9-17H2,1-2H3/b8-5+. The van der Waals surface area contributed by atoms with Gasteiger partial charge in [0.1, 0.15) is 0 Å². The van der Waals surface area contributed by atoms with Crippen LogP contribution in [0.15, 0.2) is 24.3 Å². The summed E-state index contributed by atoms with van der Waals surface area (Å²) in [7, 11) is 0. The normalized spacial score (nSPS) is 28.1. The monoisotopic (exact) mass is 402 g/mol. The number of halogens is 2. The lowest BCUT2D eigenvalue weighted by atomic mass is 9.77. The molecule has 2 saturated carbocycles. The molecule has 2 aliphatic rings. The largest absolute Gasteiger partial charge is 0.203 e. The van der Waals surface area contributed by atoms with E-state index in [1.54, 1.807) is 0 Å². The first-order valence-corrected chi connectivity index (χ1v) is 12.3. The van der Waals surface area contributed by atoms with Crippen molar-refractivity contribution in [2.24, 2.45) is 17.8 Å². The quantitative estimate of drug-likeness (QED) is 0.381. The smallest absolute Gasteiger partial charge is 0.162 e. The molecule has 0 spiro atoms. The molecule has 162 valence electrons. The molecule has 0 heterocycles. The topological polar surface area (TPSA) is 0 Å². The maximum Gasteiger partial charge on any atom is 0.162 e. The van der Waals surface area contributed by atoms with Crippen molar-refractivity contribution < 1.29 is 8.78 Å². The van der Waals surface area contributed by atoms with Crippen molar-refractivity contribution in [3.05, 3.63) is 47.0 Å². The summed E-state index contributed by atoms with van der Waals surface area (Å²) >= 11 is 0. The molecule has 0 nitrogen and oxygen atoms in total. The van der Waals surface area contributed by atoms with Gasteiger partial charge in [-0.1, -0.05) is 57.4 Å². The molecular formula is C27H40F2. The fourth-order valence-corrected chi connectivity index (χ4v) is 5.60. The third-order valence-corrected chi connectivity index (χ3v) is 7.63. The van der Waals surface area contributed by atoms with Gasteiger partial charge in [-0.25, -0.2) is 8.78 Å². The van der Waals surface area contributed by atoms with E-state index >= 15 is 0 Å². The minimum absolute atomic E-state index is 0.198. The van der Waals surface area contributed by atoms with Gasteiger partial charge in [-0.05, 0) is 99.0 Å². The van der Waals surface area contributed by atoms with E-state index in [2.05, 4.69) is 26.0 Å². The zero-order chi connectivity index (χ0) is 20.6. The van der Waals surface area contributed by atoms with Crippen molar-refractivity contribution in [2.45, 2.75) is 103 Å². The lowest BCUT2D eigenvalue weighted by Gasteiger charge is -2.28. The van der Waals surface area contributed by atoms with Crippen LogP contribution in [0.2, 0.25) is 0 Å². The molecule has 0 bridgehead atoms. The van der Waals surface area contributed by atoms with Crippen molar-refractivity contribution in [1.82, 2.24) is 0 Å². The number of hydrogen-bond donors (Lipinski definition) is 0. The Hall–Kier alpha value is -1.18. The second kappa shape index (κ2) is 11.3. The van der Waals surface area contributed by atoms with Gasteiger partial charge in [0.2, 0.25) is 0 Å². The van der Waals surface area contributed by atoms with Crippen molar-refractivity contribution in [2.75, 3.05) is 0 Å². The van der Waals surface area contributed by atoms with E-state index in [4.69, 9.17) is 0 Å². The van der Waals surface area contributed by atoms with Crippen molar-refractivity contribution in [3.63, 3.8) is 0 Å². The Morgan fingerprint density at radius 3 is 2.21 bits per heavy atom. The number of hydrogen-bond acceptors (Lipinski definition) is 0. The average Bonchev–Trinajstić information content (AvgIpc) is 2.75. The molecule has 1 aromatic rings. The Bertz CT molecular complexity index is 647. The van der Waals surface area contributed by atoms with Gasteiger partial charge in [0.15, 0.2) is 11.6 Å². The summed E-state index contributed by atoms with van der Waals surface area (Å²) in [6.45, 7) is 4.50. The summed E-state index contributed by atoms with van der Waals surface area (Å²) in [5.74, 6) is 1.40. The minimum atomic E-state index is -0.603. The summed E-state index contributed by atoms with van der Waals surface area (Å²) in [4.78, 5) is 0. The van der Waals surface area contributed by atoms with Crippen LogP contribution in [0.1, 0.15) is 108 Å². The Morgan fingerprint density at radius 1 is 0.862 bits per heavy atom. The van der Waals surface area contributed by atoms with E-state index in [1.165, 1.54) is 44.9 Å². The third-order valence-electron chi connectivity index (χ3n) is 7.63. The maximum atomic E-state index is 14.7. The van der Waals surface area contributed by atoms with Gasteiger partial charge in [-0.15, -0.1) is 0 Å². The Balaban J connectivity index is 1.49. The Morgan fingerprint density at radius 2 is 1.55 bits per heavy atom. The lowest BCUT2D eigenvalue weighted by molar-refractivity contribution is 0.294. The highest BCUT2D eigenvalue weighted by atomic mass is 19.2. The fourth-order valence-electron chi connectivity index (χ4n) is 5.60. The summed E-state index contributed by atoms with van der Waals surface area (Å²) in [5.41, 5.74) is 1.14. The van der Waals surface area contributed by atoms with Crippen LogP contribution in [0.3, 0.4) is 0 Å². The first kappa shape index (κ1) is 22.5. The molecule has 0 unspecified atom stereocenters. The SMILES string of the molecule is CCCC1CCC(/C=C/CCc2ccc(C3CCC(CC)CC3)c(F)c2F)CC1. The van der Waals surface area contributed by atoms with Crippen molar-refractivity contribution >= 4 is 0 Å². The zero-order valence-corrected chi connectivity index (χ0v) is 18.6. The molecule has 29 heavy (non-hydrogen) atoms. The van der Waals surface area contributed by atoms with Crippen LogP contribution in [0.25, 0.3) is 0 Å². The molecule has 3 rings (SSSR count). The molecular weight excluding hydrogens is 362 g/mol. The molecule has 0 N–H and O–H groups in total. The van der Waals surface area contributed by atoms with Crippen LogP contribution < -0.4 is 0 Å². The van der Waals surface area contributed by atoms with Crippen molar-refractivity contribution in [3.8, 4) is 0 Å². The van der Waals surface area contributed by atoms with Gasteiger partial charge in [-0.2, -0.15) is 0 Å². The molecule has 2 heteroatoms. The summed E-state index contributed by atoms with van der Waals surface area (Å²) in [5, 5.41) is 0. The molecule has 0 atom stereocenters. The van der Waals surface area contributed by atoms with Gasteiger partial charge in [-0.3, -0.25) is 0 Å². The molecule has 0 amide bonds. The summed E-state index contributed by atoms with van der Waals surface area (Å²) in [6.07, 6.45) is 19.4. The predicted molar refractivity (Wildman–Crippen MR) is 119 cm³/mol. The minimum Gasteiger partial charge on any atom is -0.203 e. The molecule has 0 saturated heterocycles. The number of aryl methyl sites for hydroxylation is 1. The highest BCUT2D eigenvalue weighted by molar-refractivity contribution is 5.29. The van der Waals surface area contributed by atoms with Gasteiger partial charge < -0.3 is 0 Å². The van der Waals surface area contributed by atoms with Crippen LogP contribution in [-0.2, 0) is 6.42 Å². The number of benzene rings is 1. The van der Waals surface area contributed by atoms with Gasteiger partial charge in [0.05, 0.1) is 0 Å². The molecule has 0 aromatic heterocycles. The van der Waals surface area contributed by atoms with E-state index in [9.17, 15) is 8.78 Å². The molecule has 0 aliphatic heterocycles. The second-order valence-corrected chi connectivity index (χ2v) is 9.60. The van der Waals surface area contributed by atoms with Crippen LogP contribution in [0, 0.1) is 29.4 Å².